The lowest BCUT2D eigenvalue weighted by Gasteiger charge is -2.08. The lowest BCUT2D eigenvalue weighted by Crippen LogP contribution is -2.11. The Kier molecular flexibility index (Phi) is 7.57. The van der Waals surface area contributed by atoms with Crippen molar-refractivity contribution in [3.63, 3.8) is 0 Å². The summed E-state index contributed by atoms with van der Waals surface area (Å²) in [7, 11) is 1.76. The molecule has 0 amide bonds. The summed E-state index contributed by atoms with van der Waals surface area (Å²) >= 11 is 0. The van der Waals surface area contributed by atoms with E-state index < -0.39 is 0 Å². The van der Waals surface area contributed by atoms with Crippen LogP contribution in [0.2, 0.25) is 0 Å². The van der Waals surface area contributed by atoms with Crippen LogP contribution in [0.5, 0.6) is 6.01 Å². The first-order valence-corrected chi connectivity index (χ1v) is 6.68. The van der Waals surface area contributed by atoms with Gasteiger partial charge in [0, 0.05) is 26.8 Å². The van der Waals surface area contributed by atoms with Gasteiger partial charge >= 0.3 is 6.01 Å². The van der Waals surface area contributed by atoms with E-state index in [1.54, 1.807) is 7.05 Å². The molecule has 0 fully saturated rings. The van der Waals surface area contributed by atoms with E-state index >= 15 is 0 Å². The number of ether oxygens (including phenoxy) is 2. The smallest absolute Gasteiger partial charge is 0.323 e. The molecule has 0 unspecified atom stereocenters. The highest BCUT2D eigenvalue weighted by atomic mass is 16.5. The highest BCUT2D eigenvalue weighted by Crippen LogP contribution is 2.10. The fourth-order valence-electron chi connectivity index (χ4n) is 1.36. The molecule has 0 radical (unpaired) electrons. The Hall–Kier alpha value is -1.63. The maximum Gasteiger partial charge on any atom is 0.323 e. The summed E-state index contributed by atoms with van der Waals surface area (Å²) in [5.41, 5.74) is 0. The van der Waals surface area contributed by atoms with Crippen molar-refractivity contribution in [2.45, 2.75) is 26.7 Å². The fourth-order valence-corrected chi connectivity index (χ4v) is 1.36. The molecular weight excluding hydrogens is 246 g/mol. The van der Waals surface area contributed by atoms with Crippen molar-refractivity contribution in [3.8, 4) is 6.01 Å². The molecule has 1 aromatic heterocycles. The predicted molar refractivity (Wildman–Crippen MR) is 74.8 cm³/mol. The molecule has 19 heavy (non-hydrogen) atoms. The Morgan fingerprint density at radius 3 is 2.53 bits per heavy atom. The first kappa shape index (κ1) is 15.4. The van der Waals surface area contributed by atoms with Gasteiger partial charge in [0.25, 0.3) is 0 Å². The summed E-state index contributed by atoms with van der Waals surface area (Å²) in [6, 6.07) is 0.326. The number of anilines is 2. The predicted octanol–water partition coefficient (Wildman–Crippen LogP) is 1.54. The molecule has 2 N–H and O–H groups in total. The van der Waals surface area contributed by atoms with Gasteiger partial charge in [-0.1, -0.05) is 6.92 Å². The van der Waals surface area contributed by atoms with Crippen LogP contribution in [0.3, 0.4) is 0 Å². The number of rotatable bonds is 10. The quantitative estimate of drug-likeness (QED) is 0.623. The summed E-state index contributed by atoms with van der Waals surface area (Å²) in [5, 5.41) is 6.01. The third kappa shape index (κ3) is 6.19. The maximum absolute atomic E-state index is 5.40. The largest absolute Gasteiger partial charge is 0.464 e. The topological polar surface area (TPSA) is 81.2 Å². The van der Waals surface area contributed by atoms with E-state index in [-0.39, 0.29) is 0 Å². The molecule has 1 heterocycles. The van der Waals surface area contributed by atoms with Crippen molar-refractivity contribution in [3.05, 3.63) is 0 Å². The molecular formula is C12H23N5O2. The van der Waals surface area contributed by atoms with Crippen molar-refractivity contribution < 1.29 is 9.47 Å². The van der Waals surface area contributed by atoms with Gasteiger partial charge in [0.15, 0.2) is 0 Å². The molecule has 0 aliphatic heterocycles. The van der Waals surface area contributed by atoms with Gasteiger partial charge in [0.2, 0.25) is 11.9 Å². The lowest BCUT2D eigenvalue weighted by molar-refractivity contribution is 0.134. The second kappa shape index (κ2) is 9.32. The van der Waals surface area contributed by atoms with Crippen LogP contribution in [0.1, 0.15) is 26.7 Å². The summed E-state index contributed by atoms with van der Waals surface area (Å²) in [6.45, 7) is 6.81. The number of nitrogens with one attached hydrogen (secondary N) is 2. The molecule has 0 aliphatic rings. The third-order valence-electron chi connectivity index (χ3n) is 2.21. The number of aromatic nitrogens is 3. The van der Waals surface area contributed by atoms with Crippen molar-refractivity contribution >= 4 is 11.9 Å². The van der Waals surface area contributed by atoms with Crippen molar-refractivity contribution in [1.29, 1.82) is 0 Å². The molecule has 0 atom stereocenters. The van der Waals surface area contributed by atoms with E-state index in [2.05, 4.69) is 32.5 Å². The van der Waals surface area contributed by atoms with Gasteiger partial charge in [0.1, 0.15) is 0 Å². The Bertz CT molecular complexity index is 362. The Labute approximate surface area is 114 Å². The van der Waals surface area contributed by atoms with E-state index in [4.69, 9.17) is 9.47 Å². The molecule has 1 rings (SSSR count). The average molecular weight is 269 g/mol. The van der Waals surface area contributed by atoms with Crippen LogP contribution in [0.15, 0.2) is 0 Å². The molecule has 1 aromatic rings. The minimum atomic E-state index is 0.326. The van der Waals surface area contributed by atoms with Crippen LogP contribution in [0.4, 0.5) is 11.9 Å². The molecule has 0 aromatic carbocycles. The van der Waals surface area contributed by atoms with Crippen LogP contribution in [-0.2, 0) is 4.74 Å². The van der Waals surface area contributed by atoms with Crippen LogP contribution in [-0.4, -0.2) is 48.4 Å². The van der Waals surface area contributed by atoms with Gasteiger partial charge in [-0.2, -0.15) is 15.0 Å². The standard InChI is InChI=1S/C12H23N5O2/c1-4-8-18-9-6-7-14-11-15-10(13-3)16-12(17-11)19-5-2/h4-9H2,1-3H3,(H2,13,14,15,16,17). The fraction of sp³-hybridized carbons (Fsp3) is 0.750. The monoisotopic (exact) mass is 269 g/mol. The van der Waals surface area contributed by atoms with Gasteiger partial charge in [-0.3, -0.25) is 0 Å². The lowest BCUT2D eigenvalue weighted by atomic mass is 10.4. The number of nitrogens with zero attached hydrogens (tertiary/aromatic N) is 3. The summed E-state index contributed by atoms with van der Waals surface area (Å²) in [4.78, 5) is 12.5. The molecule has 0 saturated carbocycles. The Balaban J connectivity index is 2.41. The highest BCUT2D eigenvalue weighted by molar-refractivity contribution is 5.35. The minimum absolute atomic E-state index is 0.326. The minimum Gasteiger partial charge on any atom is -0.464 e. The summed E-state index contributed by atoms with van der Waals surface area (Å²) in [5.74, 6) is 1.00. The maximum atomic E-state index is 5.40. The Morgan fingerprint density at radius 2 is 1.84 bits per heavy atom. The van der Waals surface area contributed by atoms with E-state index in [1.165, 1.54) is 0 Å². The molecule has 0 saturated heterocycles. The van der Waals surface area contributed by atoms with Crippen LogP contribution in [0.25, 0.3) is 0 Å². The highest BCUT2D eigenvalue weighted by Gasteiger charge is 2.05. The van der Waals surface area contributed by atoms with Gasteiger partial charge in [-0.15, -0.1) is 0 Å². The second-order valence-electron chi connectivity index (χ2n) is 3.84. The normalized spacial score (nSPS) is 10.3. The first-order valence-electron chi connectivity index (χ1n) is 6.68. The zero-order chi connectivity index (χ0) is 13.9. The molecule has 7 heteroatoms. The zero-order valence-corrected chi connectivity index (χ0v) is 11.9. The molecule has 0 spiro atoms. The summed E-state index contributed by atoms with van der Waals surface area (Å²) < 4.78 is 10.7. The number of hydrogen-bond donors (Lipinski definition) is 2. The van der Waals surface area contributed by atoms with Crippen molar-refractivity contribution in [2.75, 3.05) is 44.0 Å². The van der Waals surface area contributed by atoms with Crippen LogP contribution in [0, 0.1) is 0 Å². The van der Waals surface area contributed by atoms with E-state index in [9.17, 15) is 0 Å². The number of hydrogen-bond acceptors (Lipinski definition) is 7. The van der Waals surface area contributed by atoms with Gasteiger partial charge in [-0.25, -0.2) is 0 Å². The third-order valence-corrected chi connectivity index (χ3v) is 2.21. The van der Waals surface area contributed by atoms with Crippen LogP contribution >= 0.6 is 0 Å². The average Bonchev–Trinajstić information content (AvgIpc) is 2.43. The molecule has 108 valence electrons. The zero-order valence-electron chi connectivity index (χ0n) is 11.9. The van der Waals surface area contributed by atoms with E-state index in [1.807, 2.05) is 6.92 Å². The van der Waals surface area contributed by atoms with Gasteiger partial charge < -0.3 is 20.1 Å². The van der Waals surface area contributed by atoms with Crippen molar-refractivity contribution in [2.24, 2.45) is 0 Å². The second-order valence-corrected chi connectivity index (χ2v) is 3.84. The van der Waals surface area contributed by atoms with E-state index in [0.29, 0.717) is 24.5 Å². The molecule has 0 aliphatic carbocycles. The van der Waals surface area contributed by atoms with Gasteiger partial charge in [-0.05, 0) is 19.8 Å². The Morgan fingerprint density at radius 1 is 1.05 bits per heavy atom. The van der Waals surface area contributed by atoms with Crippen molar-refractivity contribution in [1.82, 2.24) is 15.0 Å². The summed E-state index contributed by atoms with van der Waals surface area (Å²) in [6.07, 6.45) is 1.95. The van der Waals surface area contributed by atoms with E-state index in [0.717, 1.165) is 32.6 Å². The molecule has 7 nitrogen and oxygen atoms in total. The molecule has 0 bridgehead atoms. The van der Waals surface area contributed by atoms with Gasteiger partial charge in [0.05, 0.1) is 6.61 Å². The van der Waals surface area contributed by atoms with Crippen LogP contribution < -0.4 is 15.4 Å². The first-order chi connectivity index (χ1) is 9.30. The SMILES string of the molecule is CCCOCCCNc1nc(NC)nc(OCC)n1.